The molecule has 100 valence electrons. The van der Waals surface area contributed by atoms with E-state index in [1.165, 1.54) is 0 Å². The van der Waals surface area contributed by atoms with Crippen molar-refractivity contribution in [3.05, 3.63) is 36.1 Å². The van der Waals surface area contributed by atoms with Crippen LogP contribution in [0.5, 0.6) is 0 Å². The zero-order valence-electron chi connectivity index (χ0n) is 11.3. The van der Waals surface area contributed by atoms with Crippen molar-refractivity contribution in [1.29, 1.82) is 0 Å². The first-order valence-electron chi connectivity index (χ1n) is 5.95. The van der Waals surface area contributed by atoms with Gasteiger partial charge >= 0.3 is 6.09 Å². The number of rotatable bonds is 2. The standard InChI is InChI=1S/C14H21NO3/c1-6-11-7-8-15(9-12(11)10(2)16)13(17)18-14(3,4)5/h6,16H,1-2,7-9H2,3-5H3. The Balaban J connectivity index is 2.80. The van der Waals surface area contributed by atoms with Crippen molar-refractivity contribution >= 4 is 6.09 Å². The smallest absolute Gasteiger partial charge is 0.410 e. The number of ether oxygens (including phenoxy) is 1. The molecule has 0 radical (unpaired) electrons. The van der Waals surface area contributed by atoms with Gasteiger partial charge < -0.3 is 14.7 Å². The molecule has 1 rings (SSSR count). The third-order valence-electron chi connectivity index (χ3n) is 2.63. The van der Waals surface area contributed by atoms with E-state index in [1.54, 1.807) is 11.0 Å². The summed E-state index contributed by atoms with van der Waals surface area (Å²) in [6.45, 7) is 13.6. The van der Waals surface area contributed by atoms with Crippen LogP contribution in [0, 0.1) is 0 Å². The highest BCUT2D eigenvalue weighted by atomic mass is 16.6. The van der Waals surface area contributed by atoms with E-state index in [1.807, 2.05) is 20.8 Å². The molecule has 0 fully saturated rings. The van der Waals surface area contributed by atoms with E-state index in [0.29, 0.717) is 25.1 Å². The lowest BCUT2D eigenvalue weighted by Crippen LogP contribution is -2.40. The minimum atomic E-state index is -0.518. The number of aliphatic hydroxyl groups is 1. The quantitative estimate of drug-likeness (QED) is 0.767. The van der Waals surface area contributed by atoms with Crippen molar-refractivity contribution in [1.82, 2.24) is 4.90 Å². The minimum absolute atomic E-state index is 0.0156. The van der Waals surface area contributed by atoms with Gasteiger partial charge in [0.1, 0.15) is 11.4 Å². The second-order valence-corrected chi connectivity index (χ2v) is 5.31. The van der Waals surface area contributed by atoms with E-state index in [2.05, 4.69) is 13.2 Å². The molecule has 1 aliphatic rings. The maximum absolute atomic E-state index is 11.9. The molecule has 0 unspecified atom stereocenters. The fourth-order valence-corrected chi connectivity index (χ4v) is 1.76. The number of carbonyl (C=O) groups excluding carboxylic acids is 1. The van der Waals surface area contributed by atoms with Crippen LogP contribution < -0.4 is 0 Å². The molecule has 0 atom stereocenters. The maximum atomic E-state index is 11.9. The van der Waals surface area contributed by atoms with Crippen LogP contribution in [-0.4, -0.2) is 34.8 Å². The van der Waals surface area contributed by atoms with E-state index in [9.17, 15) is 9.90 Å². The lowest BCUT2D eigenvalue weighted by Gasteiger charge is -2.31. The number of allylic oxidation sites excluding steroid dienone is 1. The van der Waals surface area contributed by atoms with Crippen molar-refractivity contribution in [2.45, 2.75) is 32.8 Å². The van der Waals surface area contributed by atoms with Gasteiger partial charge in [-0.1, -0.05) is 19.2 Å². The number of nitrogens with zero attached hydrogens (tertiary/aromatic N) is 1. The highest BCUT2D eigenvalue weighted by Gasteiger charge is 2.27. The molecule has 0 aromatic heterocycles. The largest absolute Gasteiger partial charge is 0.508 e. The summed E-state index contributed by atoms with van der Waals surface area (Å²) in [5, 5.41) is 9.53. The first-order chi connectivity index (χ1) is 8.24. The molecule has 0 aromatic rings. The van der Waals surface area contributed by atoms with Crippen LogP contribution in [0.25, 0.3) is 0 Å². The van der Waals surface area contributed by atoms with E-state index in [4.69, 9.17) is 4.74 Å². The van der Waals surface area contributed by atoms with Crippen LogP contribution in [0.15, 0.2) is 36.1 Å². The number of hydrogen-bond donors (Lipinski definition) is 1. The summed E-state index contributed by atoms with van der Waals surface area (Å²) in [5.41, 5.74) is 1.07. The topological polar surface area (TPSA) is 49.8 Å². The van der Waals surface area contributed by atoms with Crippen molar-refractivity contribution in [2.24, 2.45) is 0 Å². The second kappa shape index (κ2) is 5.29. The van der Waals surface area contributed by atoms with Gasteiger partial charge in [0, 0.05) is 12.1 Å². The average molecular weight is 251 g/mol. The Kier molecular flexibility index (Phi) is 4.22. The Labute approximate surface area is 108 Å². The van der Waals surface area contributed by atoms with E-state index in [0.717, 1.165) is 5.57 Å². The highest BCUT2D eigenvalue weighted by molar-refractivity contribution is 5.69. The van der Waals surface area contributed by atoms with Crippen molar-refractivity contribution in [2.75, 3.05) is 13.1 Å². The summed E-state index contributed by atoms with van der Waals surface area (Å²) >= 11 is 0. The predicted octanol–water partition coefficient (Wildman–Crippen LogP) is 3.18. The number of hydrogen-bond acceptors (Lipinski definition) is 3. The molecule has 0 saturated carbocycles. The molecule has 0 aliphatic carbocycles. The molecule has 4 heteroatoms. The Hall–Kier alpha value is -1.71. The normalized spacial score (nSPS) is 16.5. The highest BCUT2D eigenvalue weighted by Crippen LogP contribution is 2.24. The van der Waals surface area contributed by atoms with Gasteiger partial charge in [-0.3, -0.25) is 0 Å². The summed E-state index contributed by atoms with van der Waals surface area (Å²) in [6, 6.07) is 0. The van der Waals surface area contributed by atoms with Gasteiger partial charge in [-0.25, -0.2) is 4.79 Å². The third kappa shape index (κ3) is 3.65. The van der Waals surface area contributed by atoms with Crippen molar-refractivity contribution < 1.29 is 14.6 Å². The molecule has 4 nitrogen and oxygen atoms in total. The second-order valence-electron chi connectivity index (χ2n) is 5.31. The molecule has 0 aromatic carbocycles. The van der Waals surface area contributed by atoms with Gasteiger partial charge in [-0.05, 0) is 32.8 Å². The summed E-state index contributed by atoms with van der Waals surface area (Å²) in [4.78, 5) is 13.5. The Morgan fingerprint density at radius 2 is 2.11 bits per heavy atom. The van der Waals surface area contributed by atoms with E-state index < -0.39 is 5.60 Å². The molecular formula is C14H21NO3. The molecule has 1 aliphatic heterocycles. The van der Waals surface area contributed by atoms with Crippen LogP contribution >= 0.6 is 0 Å². The Morgan fingerprint density at radius 1 is 1.50 bits per heavy atom. The van der Waals surface area contributed by atoms with Gasteiger partial charge in [0.15, 0.2) is 0 Å². The molecule has 18 heavy (non-hydrogen) atoms. The molecule has 0 saturated heterocycles. The summed E-state index contributed by atoms with van der Waals surface area (Å²) < 4.78 is 5.30. The van der Waals surface area contributed by atoms with E-state index in [-0.39, 0.29) is 11.9 Å². The summed E-state index contributed by atoms with van der Waals surface area (Å²) in [5.74, 6) is -0.0156. The first-order valence-corrected chi connectivity index (χ1v) is 5.95. The van der Waals surface area contributed by atoms with E-state index >= 15 is 0 Å². The SMILES string of the molecule is C=CC1=C(C(=C)O)CN(C(=O)OC(C)(C)C)CC1. The van der Waals surface area contributed by atoms with Gasteiger partial charge in [0.25, 0.3) is 0 Å². The van der Waals surface area contributed by atoms with Crippen LogP contribution in [-0.2, 0) is 4.74 Å². The fourth-order valence-electron chi connectivity index (χ4n) is 1.76. The number of amides is 1. The fraction of sp³-hybridized carbons (Fsp3) is 0.500. The Bertz CT molecular complexity index is 402. The van der Waals surface area contributed by atoms with Crippen molar-refractivity contribution in [3.63, 3.8) is 0 Å². The summed E-state index contributed by atoms with van der Waals surface area (Å²) in [7, 11) is 0. The number of aliphatic hydroxyl groups excluding tert-OH is 1. The predicted molar refractivity (Wildman–Crippen MR) is 71.4 cm³/mol. The molecule has 1 N–H and O–H groups in total. The molecule has 0 spiro atoms. The molecular weight excluding hydrogens is 230 g/mol. The van der Waals surface area contributed by atoms with Crippen LogP contribution in [0.4, 0.5) is 4.79 Å². The van der Waals surface area contributed by atoms with Gasteiger partial charge in [-0.15, -0.1) is 0 Å². The zero-order chi connectivity index (χ0) is 13.9. The van der Waals surface area contributed by atoms with Gasteiger partial charge in [0.2, 0.25) is 0 Å². The monoisotopic (exact) mass is 251 g/mol. The van der Waals surface area contributed by atoms with Gasteiger partial charge in [0.05, 0.1) is 6.54 Å². The lowest BCUT2D eigenvalue weighted by atomic mass is 9.99. The number of carbonyl (C=O) groups is 1. The molecule has 1 amide bonds. The van der Waals surface area contributed by atoms with Gasteiger partial charge in [-0.2, -0.15) is 0 Å². The molecule has 1 heterocycles. The van der Waals surface area contributed by atoms with Crippen LogP contribution in [0.3, 0.4) is 0 Å². The average Bonchev–Trinajstić information content (AvgIpc) is 2.25. The first kappa shape index (κ1) is 14.4. The summed E-state index contributed by atoms with van der Waals surface area (Å²) in [6.07, 6.45) is 1.98. The van der Waals surface area contributed by atoms with Crippen molar-refractivity contribution in [3.8, 4) is 0 Å². The Morgan fingerprint density at radius 3 is 2.56 bits per heavy atom. The van der Waals surface area contributed by atoms with Crippen LogP contribution in [0.1, 0.15) is 27.2 Å². The van der Waals surface area contributed by atoms with Crippen LogP contribution in [0.2, 0.25) is 0 Å². The zero-order valence-corrected chi connectivity index (χ0v) is 11.3. The minimum Gasteiger partial charge on any atom is -0.508 e. The molecule has 0 bridgehead atoms. The third-order valence-corrected chi connectivity index (χ3v) is 2.63. The maximum Gasteiger partial charge on any atom is 0.410 e. The lowest BCUT2D eigenvalue weighted by molar-refractivity contribution is 0.0259.